The summed E-state index contributed by atoms with van der Waals surface area (Å²) in [6.45, 7) is 0.724. The minimum Gasteiger partial charge on any atom is -0.497 e. The molecule has 0 aliphatic heterocycles. The molecule has 106 valence electrons. The fourth-order valence-electron chi connectivity index (χ4n) is 1.63. The van der Waals surface area contributed by atoms with Crippen molar-refractivity contribution < 1.29 is 14.3 Å². The highest BCUT2D eigenvalue weighted by molar-refractivity contribution is 5.75. The van der Waals surface area contributed by atoms with Crippen molar-refractivity contribution in [3.63, 3.8) is 0 Å². The molecule has 0 atom stereocenters. The summed E-state index contributed by atoms with van der Waals surface area (Å²) in [5.74, 6) is 1.63. The molecule has 1 rings (SSSR count). The molecule has 0 aliphatic rings. The number of nitrogens with one attached hydrogen (secondary N) is 1. The van der Waals surface area contributed by atoms with Crippen molar-refractivity contribution in [1.82, 2.24) is 4.90 Å². The summed E-state index contributed by atoms with van der Waals surface area (Å²) in [6, 6.07) is 5.61. The number of ether oxygens (including phenoxy) is 2. The molecule has 0 aliphatic carbocycles. The number of amides is 1. The maximum atomic E-state index is 11.4. The molecule has 0 spiro atoms. The number of rotatable bonds is 7. The van der Waals surface area contributed by atoms with Crippen LogP contribution in [0.4, 0.5) is 5.69 Å². The van der Waals surface area contributed by atoms with E-state index in [2.05, 4.69) is 5.32 Å². The molecular weight excluding hydrogens is 244 g/mol. The van der Waals surface area contributed by atoms with Crippen molar-refractivity contribution in [2.75, 3.05) is 40.2 Å². The fraction of sp³-hybridized carbons (Fsp3) is 0.500. The molecule has 5 nitrogen and oxygen atoms in total. The highest BCUT2D eigenvalue weighted by atomic mass is 16.5. The third-order valence-corrected chi connectivity index (χ3v) is 2.79. The van der Waals surface area contributed by atoms with Gasteiger partial charge in [0.05, 0.1) is 19.9 Å². The standard InChI is InChI=1S/C14H22N2O3/c1-16(2)14(17)6-5-9-15-12-8-7-11(18-3)10-13(12)19-4/h7-8,10,15H,5-6,9H2,1-4H3. The molecule has 0 saturated carbocycles. The zero-order chi connectivity index (χ0) is 14.3. The summed E-state index contributed by atoms with van der Waals surface area (Å²) in [4.78, 5) is 13.0. The quantitative estimate of drug-likeness (QED) is 0.767. The van der Waals surface area contributed by atoms with Gasteiger partial charge < -0.3 is 19.7 Å². The van der Waals surface area contributed by atoms with E-state index in [0.717, 1.165) is 30.2 Å². The van der Waals surface area contributed by atoms with Gasteiger partial charge in [-0.05, 0) is 18.6 Å². The van der Waals surface area contributed by atoms with Gasteiger partial charge in [0.15, 0.2) is 0 Å². The van der Waals surface area contributed by atoms with E-state index < -0.39 is 0 Å². The predicted octanol–water partition coefficient (Wildman–Crippen LogP) is 1.98. The lowest BCUT2D eigenvalue weighted by Gasteiger charge is -2.13. The van der Waals surface area contributed by atoms with Crippen LogP contribution >= 0.6 is 0 Å². The summed E-state index contributed by atoms with van der Waals surface area (Å²) in [5, 5.41) is 3.26. The molecular formula is C14H22N2O3. The van der Waals surface area contributed by atoms with E-state index in [9.17, 15) is 4.79 Å². The third kappa shape index (κ3) is 4.69. The zero-order valence-corrected chi connectivity index (χ0v) is 12.0. The average Bonchev–Trinajstić information content (AvgIpc) is 2.43. The van der Waals surface area contributed by atoms with Gasteiger partial charge >= 0.3 is 0 Å². The zero-order valence-electron chi connectivity index (χ0n) is 12.0. The van der Waals surface area contributed by atoms with Crippen molar-refractivity contribution >= 4 is 11.6 Å². The smallest absolute Gasteiger partial charge is 0.222 e. The van der Waals surface area contributed by atoms with E-state index in [0.29, 0.717) is 6.42 Å². The summed E-state index contributed by atoms with van der Waals surface area (Å²) in [6.07, 6.45) is 1.32. The van der Waals surface area contributed by atoms with Crippen molar-refractivity contribution in [3.8, 4) is 11.5 Å². The van der Waals surface area contributed by atoms with Gasteiger partial charge in [0, 0.05) is 33.1 Å². The van der Waals surface area contributed by atoms with Crippen LogP contribution in [0.25, 0.3) is 0 Å². The van der Waals surface area contributed by atoms with Crippen LogP contribution in [0.2, 0.25) is 0 Å². The van der Waals surface area contributed by atoms with Gasteiger partial charge in [0.1, 0.15) is 11.5 Å². The molecule has 1 amide bonds. The minimum atomic E-state index is 0.142. The molecule has 1 aromatic carbocycles. The number of anilines is 1. The number of methoxy groups -OCH3 is 2. The van der Waals surface area contributed by atoms with E-state index in [1.54, 1.807) is 33.2 Å². The van der Waals surface area contributed by atoms with Crippen molar-refractivity contribution in [2.45, 2.75) is 12.8 Å². The maximum Gasteiger partial charge on any atom is 0.222 e. The van der Waals surface area contributed by atoms with E-state index in [4.69, 9.17) is 9.47 Å². The van der Waals surface area contributed by atoms with Crippen LogP contribution in [0.5, 0.6) is 11.5 Å². The Morgan fingerprint density at radius 2 is 2.00 bits per heavy atom. The second-order valence-electron chi connectivity index (χ2n) is 4.38. The molecule has 19 heavy (non-hydrogen) atoms. The van der Waals surface area contributed by atoms with E-state index in [1.807, 2.05) is 18.2 Å². The van der Waals surface area contributed by atoms with Crippen LogP contribution in [-0.4, -0.2) is 45.7 Å². The lowest BCUT2D eigenvalue weighted by molar-refractivity contribution is -0.128. The number of carbonyl (C=O) groups is 1. The average molecular weight is 266 g/mol. The van der Waals surface area contributed by atoms with Crippen LogP contribution < -0.4 is 14.8 Å². The van der Waals surface area contributed by atoms with Gasteiger partial charge in [-0.25, -0.2) is 0 Å². The normalized spacial score (nSPS) is 9.89. The number of nitrogens with zero attached hydrogens (tertiary/aromatic N) is 1. The monoisotopic (exact) mass is 266 g/mol. The topological polar surface area (TPSA) is 50.8 Å². The Labute approximate surface area is 114 Å². The first-order chi connectivity index (χ1) is 9.08. The summed E-state index contributed by atoms with van der Waals surface area (Å²) >= 11 is 0. The first kappa shape index (κ1) is 15.1. The molecule has 0 radical (unpaired) electrons. The molecule has 0 aromatic heterocycles. The Morgan fingerprint density at radius 1 is 1.26 bits per heavy atom. The Balaban J connectivity index is 2.47. The SMILES string of the molecule is COc1ccc(NCCCC(=O)N(C)C)c(OC)c1. The Bertz CT molecular complexity index is 419. The summed E-state index contributed by atoms with van der Waals surface area (Å²) in [7, 11) is 6.77. The van der Waals surface area contributed by atoms with Crippen molar-refractivity contribution in [3.05, 3.63) is 18.2 Å². The van der Waals surface area contributed by atoms with Gasteiger partial charge in [0.25, 0.3) is 0 Å². The van der Waals surface area contributed by atoms with Gasteiger partial charge in [-0.3, -0.25) is 4.79 Å². The van der Waals surface area contributed by atoms with Crippen molar-refractivity contribution in [1.29, 1.82) is 0 Å². The van der Waals surface area contributed by atoms with Crippen LogP contribution in [0, 0.1) is 0 Å². The third-order valence-electron chi connectivity index (χ3n) is 2.79. The molecule has 0 heterocycles. The molecule has 1 aromatic rings. The van der Waals surface area contributed by atoms with Gasteiger partial charge in [0.2, 0.25) is 5.91 Å². The summed E-state index contributed by atoms with van der Waals surface area (Å²) in [5.41, 5.74) is 0.903. The number of carbonyl (C=O) groups excluding carboxylic acids is 1. The number of hydrogen-bond donors (Lipinski definition) is 1. The Morgan fingerprint density at radius 3 is 2.58 bits per heavy atom. The van der Waals surface area contributed by atoms with Crippen LogP contribution in [0.3, 0.4) is 0 Å². The number of hydrogen-bond acceptors (Lipinski definition) is 4. The van der Waals surface area contributed by atoms with Gasteiger partial charge in [-0.15, -0.1) is 0 Å². The van der Waals surface area contributed by atoms with E-state index >= 15 is 0 Å². The van der Waals surface area contributed by atoms with E-state index in [-0.39, 0.29) is 5.91 Å². The molecule has 5 heteroatoms. The lowest BCUT2D eigenvalue weighted by atomic mass is 10.2. The molecule has 0 fully saturated rings. The highest BCUT2D eigenvalue weighted by Gasteiger charge is 2.06. The fourth-order valence-corrected chi connectivity index (χ4v) is 1.63. The van der Waals surface area contributed by atoms with Crippen LogP contribution in [-0.2, 0) is 4.79 Å². The minimum absolute atomic E-state index is 0.142. The maximum absolute atomic E-state index is 11.4. The van der Waals surface area contributed by atoms with E-state index in [1.165, 1.54) is 0 Å². The van der Waals surface area contributed by atoms with Crippen molar-refractivity contribution in [2.24, 2.45) is 0 Å². The molecule has 0 unspecified atom stereocenters. The predicted molar refractivity (Wildman–Crippen MR) is 76.0 cm³/mol. The van der Waals surface area contributed by atoms with Gasteiger partial charge in [-0.2, -0.15) is 0 Å². The molecule has 0 bridgehead atoms. The molecule has 1 N–H and O–H groups in total. The second kappa shape index (κ2) is 7.51. The molecule has 0 saturated heterocycles. The Kier molecular flexibility index (Phi) is 5.99. The van der Waals surface area contributed by atoms with Gasteiger partial charge in [-0.1, -0.05) is 0 Å². The summed E-state index contributed by atoms with van der Waals surface area (Å²) < 4.78 is 10.4. The first-order valence-electron chi connectivity index (χ1n) is 6.24. The largest absolute Gasteiger partial charge is 0.497 e. The Hall–Kier alpha value is -1.91. The number of benzene rings is 1. The second-order valence-corrected chi connectivity index (χ2v) is 4.38. The van der Waals surface area contributed by atoms with Crippen LogP contribution in [0.1, 0.15) is 12.8 Å². The lowest BCUT2D eigenvalue weighted by Crippen LogP contribution is -2.22. The van der Waals surface area contributed by atoms with Crippen LogP contribution in [0.15, 0.2) is 18.2 Å². The highest BCUT2D eigenvalue weighted by Crippen LogP contribution is 2.28. The first-order valence-corrected chi connectivity index (χ1v) is 6.24.